The first kappa shape index (κ1) is 14.0. The van der Waals surface area contributed by atoms with Crippen molar-refractivity contribution in [2.45, 2.75) is 53.0 Å². The Bertz CT molecular complexity index is 162. The molecule has 0 spiro atoms. The van der Waals surface area contributed by atoms with Crippen molar-refractivity contribution in [2.24, 2.45) is 11.8 Å². The number of hydrogen-bond acceptors (Lipinski definition) is 2. The summed E-state index contributed by atoms with van der Waals surface area (Å²) in [7, 11) is 0. The Morgan fingerprint density at radius 2 is 1.69 bits per heavy atom. The Morgan fingerprint density at radius 3 is 2.12 bits per heavy atom. The molecule has 0 unspecified atom stereocenters. The first-order valence-corrected chi connectivity index (χ1v) is 7.03. The fourth-order valence-electron chi connectivity index (χ4n) is 2.65. The van der Waals surface area contributed by atoms with Crippen LogP contribution in [0.25, 0.3) is 0 Å². The highest BCUT2D eigenvalue weighted by molar-refractivity contribution is 4.77. The molecule has 0 aromatic heterocycles. The van der Waals surface area contributed by atoms with E-state index in [9.17, 15) is 0 Å². The van der Waals surface area contributed by atoms with Gasteiger partial charge in [-0.15, -0.1) is 0 Å². The van der Waals surface area contributed by atoms with E-state index in [1.807, 2.05) is 0 Å². The summed E-state index contributed by atoms with van der Waals surface area (Å²) < 4.78 is 0. The van der Waals surface area contributed by atoms with Crippen molar-refractivity contribution in [3.8, 4) is 0 Å². The van der Waals surface area contributed by atoms with Gasteiger partial charge in [0.1, 0.15) is 0 Å². The molecular formula is C14H30N2. The normalized spacial score (nSPS) is 22.3. The van der Waals surface area contributed by atoms with Gasteiger partial charge in [0.15, 0.2) is 0 Å². The van der Waals surface area contributed by atoms with Crippen LogP contribution in [0.1, 0.15) is 47.0 Å². The van der Waals surface area contributed by atoms with Crippen molar-refractivity contribution >= 4 is 0 Å². The van der Waals surface area contributed by atoms with Gasteiger partial charge in [-0.3, -0.25) is 0 Å². The summed E-state index contributed by atoms with van der Waals surface area (Å²) >= 11 is 0. The fraction of sp³-hybridized carbons (Fsp3) is 1.00. The van der Waals surface area contributed by atoms with Gasteiger partial charge in [0.25, 0.3) is 0 Å². The summed E-state index contributed by atoms with van der Waals surface area (Å²) in [5, 5.41) is 3.65. The number of piperidine rings is 1. The Morgan fingerprint density at radius 1 is 1.06 bits per heavy atom. The standard InChI is InChI=1S/C14H30N2/c1-12(2)9-16(10-13(3)4)11-14-7-5-6-8-15-14/h12-15H,5-11H2,1-4H3/t14-/m0/s1. The lowest BCUT2D eigenvalue weighted by molar-refractivity contribution is 0.186. The topological polar surface area (TPSA) is 15.3 Å². The van der Waals surface area contributed by atoms with Gasteiger partial charge in [-0.2, -0.15) is 0 Å². The molecule has 1 aliphatic heterocycles. The Kier molecular flexibility index (Phi) is 6.37. The molecule has 0 radical (unpaired) electrons. The van der Waals surface area contributed by atoms with Crippen LogP contribution >= 0.6 is 0 Å². The highest BCUT2D eigenvalue weighted by atomic mass is 15.2. The van der Waals surface area contributed by atoms with Gasteiger partial charge < -0.3 is 10.2 Å². The quantitative estimate of drug-likeness (QED) is 0.749. The van der Waals surface area contributed by atoms with E-state index in [1.165, 1.54) is 45.4 Å². The van der Waals surface area contributed by atoms with Crippen LogP contribution < -0.4 is 5.32 Å². The lowest BCUT2D eigenvalue weighted by atomic mass is 10.0. The molecule has 0 aromatic carbocycles. The van der Waals surface area contributed by atoms with Gasteiger partial charge in [0.05, 0.1) is 0 Å². The molecule has 0 saturated carbocycles. The molecule has 1 aliphatic rings. The van der Waals surface area contributed by atoms with E-state index in [2.05, 4.69) is 37.9 Å². The largest absolute Gasteiger partial charge is 0.313 e. The maximum absolute atomic E-state index is 3.65. The van der Waals surface area contributed by atoms with Crippen molar-refractivity contribution in [3.05, 3.63) is 0 Å². The average molecular weight is 226 g/mol. The van der Waals surface area contributed by atoms with E-state index < -0.39 is 0 Å². The predicted molar refractivity (Wildman–Crippen MR) is 71.8 cm³/mol. The van der Waals surface area contributed by atoms with E-state index in [0.717, 1.165) is 17.9 Å². The van der Waals surface area contributed by atoms with E-state index >= 15 is 0 Å². The van der Waals surface area contributed by atoms with Crippen LogP contribution in [-0.4, -0.2) is 37.1 Å². The van der Waals surface area contributed by atoms with Crippen molar-refractivity contribution in [1.82, 2.24) is 10.2 Å². The molecule has 0 aromatic rings. The molecule has 2 heteroatoms. The molecule has 1 fully saturated rings. The van der Waals surface area contributed by atoms with Crippen molar-refractivity contribution in [3.63, 3.8) is 0 Å². The molecule has 1 atom stereocenters. The van der Waals surface area contributed by atoms with Crippen LogP contribution in [0.3, 0.4) is 0 Å². The molecule has 96 valence electrons. The van der Waals surface area contributed by atoms with Crippen LogP contribution in [0.15, 0.2) is 0 Å². The van der Waals surface area contributed by atoms with Crippen LogP contribution in [0.2, 0.25) is 0 Å². The average Bonchev–Trinajstić information content (AvgIpc) is 2.16. The van der Waals surface area contributed by atoms with Gasteiger partial charge in [0.2, 0.25) is 0 Å². The summed E-state index contributed by atoms with van der Waals surface area (Å²) in [5.41, 5.74) is 0. The van der Waals surface area contributed by atoms with E-state index in [4.69, 9.17) is 0 Å². The van der Waals surface area contributed by atoms with Crippen LogP contribution in [0.5, 0.6) is 0 Å². The lowest BCUT2D eigenvalue weighted by Gasteiger charge is -2.32. The summed E-state index contributed by atoms with van der Waals surface area (Å²) in [6.45, 7) is 14.2. The third-order valence-corrected chi connectivity index (χ3v) is 3.14. The Labute approximate surface area is 102 Å². The first-order valence-electron chi connectivity index (χ1n) is 7.03. The summed E-state index contributed by atoms with van der Waals surface area (Å²) in [6.07, 6.45) is 4.15. The van der Waals surface area contributed by atoms with Crippen LogP contribution in [0.4, 0.5) is 0 Å². The second-order valence-electron chi connectivity index (χ2n) is 6.15. The Hall–Kier alpha value is -0.0800. The second kappa shape index (κ2) is 7.29. The third-order valence-electron chi connectivity index (χ3n) is 3.14. The second-order valence-corrected chi connectivity index (χ2v) is 6.15. The zero-order chi connectivity index (χ0) is 12.0. The lowest BCUT2D eigenvalue weighted by Crippen LogP contribution is -2.45. The maximum Gasteiger partial charge on any atom is 0.0195 e. The predicted octanol–water partition coefficient (Wildman–Crippen LogP) is 2.74. The molecule has 1 N–H and O–H groups in total. The smallest absolute Gasteiger partial charge is 0.0195 e. The highest BCUT2D eigenvalue weighted by Gasteiger charge is 2.17. The third kappa shape index (κ3) is 5.86. The molecule has 0 bridgehead atoms. The molecule has 1 saturated heterocycles. The zero-order valence-corrected chi connectivity index (χ0v) is 11.6. The van der Waals surface area contributed by atoms with Gasteiger partial charge in [0, 0.05) is 25.7 Å². The molecule has 1 heterocycles. The van der Waals surface area contributed by atoms with Crippen molar-refractivity contribution in [1.29, 1.82) is 0 Å². The Balaban J connectivity index is 2.35. The maximum atomic E-state index is 3.65. The van der Waals surface area contributed by atoms with Gasteiger partial charge in [-0.05, 0) is 31.2 Å². The SMILES string of the molecule is CC(C)CN(CC(C)C)C[C@@H]1CCCCN1. The van der Waals surface area contributed by atoms with E-state index in [1.54, 1.807) is 0 Å². The molecular weight excluding hydrogens is 196 g/mol. The molecule has 16 heavy (non-hydrogen) atoms. The van der Waals surface area contributed by atoms with Crippen molar-refractivity contribution < 1.29 is 0 Å². The van der Waals surface area contributed by atoms with Gasteiger partial charge in [-0.1, -0.05) is 34.1 Å². The fourth-order valence-corrected chi connectivity index (χ4v) is 2.65. The van der Waals surface area contributed by atoms with Gasteiger partial charge >= 0.3 is 0 Å². The minimum absolute atomic E-state index is 0.742. The minimum atomic E-state index is 0.742. The minimum Gasteiger partial charge on any atom is -0.313 e. The number of rotatable bonds is 6. The zero-order valence-electron chi connectivity index (χ0n) is 11.6. The summed E-state index contributed by atoms with van der Waals surface area (Å²) in [5.74, 6) is 1.56. The monoisotopic (exact) mass is 226 g/mol. The first-order chi connectivity index (χ1) is 7.58. The highest BCUT2D eigenvalue weighted by Crippen LogP contribution is 2.11. The van der Waals surface area contributed by atoms with Crippen LogP contribution in [0, 0.1) is 11.8 Å². The number of nitrogens with zero attached hydrogens (tertiary/aromatic N) is 1. The number of hydrogen-bond donors (Lipinski definition) is 1. The number of nitrogens with one attached hydrogen (secondary N) is 1. The van der Waals surface area contributed by atoms with Crippen LogP contribution in [-0.2, 0) is 0 Å². The molecule has 2 nitrogen and oxygen atoms in total. The van der Waals surface area contributed by atoms with Crippen molar-refractivity contribution in [2.75, 3.05) is 26.2 Å². The van der Waals surface area contributed by atoms with E-state index in [-0.39, 0.29) is 0 Å². The molecule has 0 amide bonds. The summed E-state index contributed by atoms with van der Waals surface area (Å²) in [4.78, 5) is 2.65. The molecule has 0 aliphatic carbocycles. The van der Waals surface area contributed by atoms with E-state index in [0.29, 0.717) is 0 Å². The summed E-state index contributed by atoms with van der Waals surface area (Å²) in [6, 6.07) is 0.742. The van der Waals surface area contributed by atoms with Gasteiger partial charge in [-0.25, -0.2) is 0 Å². The molecule has 1 rings (SSSR count).